The molecule has 0 bridgehead atoms. The molecule has 0 aromatic rings. The molecule has 0 radical (unpaired) electrons. The fourth-order valence-corrected chi connectivity index (χ4v) is 2.94. The molecule has 0 aromatic carbocycles. The molecule has 1 fully saturated rings. The van der Waals surface area contributed by atoms with Crippen LogP contribution >= 0.6 is 0 Å². The standard InChI is InChI=1S/C10H19NO3S/c1-11-6-3-2-4-9(11)5-7-15(14)8-10(12)13/h9H,2-8H2,1H3,(H,12,13). The lowest BCUT2D eigenvalue weighted by molar-refractivity contribution is -0.133. The molecule has 1 N–H and O–H groups in total. The highest BCUT2D eigenvalue weighted by Gasteiger charge is 2.19. The van der Waals surface area contributed by atoms with Crippen molar-refractivity contribution in [3.8, 4) is 0 Å². The van der Waals surface area contributed by atoms with E-state index >= 15 is 0 Å². The van der Waals surface area contributed by atoms with E-state index in [9.17, 15) is 9.00 Å². The zero-order valence-electron chi connectivity index (χ0n) is 9.15. The fourth-order valence-electron chi connectivity index (χ4n) is 1.99. The summed E-state index contributed by atoms with van der Waals surface area (Å²) in [5.41, 5.74) is 0. The van der Waals surface area contributed by atoms with Crippen LogP contribution in [-0.2, 0) is 15.6 Å². The van der Waals surface area contributed by atoms with Crippen molar-refractivity contribution in [1.82, 2.24) is 4.90 Å². The van der Waals surface area contributed by atoms with E-state index in [4.69, 9.17) is 5.11 Å². The SMILES string of the molecule is CN1CCCCC1CCS(=O)CC(=O)O. The Bertz CT molecular complexity index is 245. The smallest absolute Gasteiger partial charge is 0.316 e. The van der Waals surface area contributed by atoms with E-state index in [0.29, 0.717) is 11.8 Å². The van der Waals surface area contributed by atoms with Crippen LogP contribution in [-0.4, -0.2) is 51.3 Å². The van der Waals surface area contributed by atoms with Crippen molar-refractivity contribution in [3.05, 3.63) is 0 Å². The summed E-state index contributed by atoms with van der Waals surface area (Å²) in [4.78, 5) is 12.6. The molecule has 88 valence electrons. The van der Waals surface area contributed by atoms with Gasteiger partial charge in [0.2, 0.25) is 0 Å². The molecule has 4 nitrogen and oxygen atoms in total. The first-order chi connectivity index (χ1) is 7.09. The fraction of sp³-hybridized carbons (Fsp3) is 0.900. The van der Waals surface area contributed by atoms with Crippen molar-refractivity contribution in [2.75, 3.05) is 25.1 Å². The van der Waals surface area contributed by atoms with Gasteiger partial charge >= 0.3 is 5.97 Å². The van der Waals surface area contributed by atoms with Gasteiger partial charge < -0.3 is 10.0 Å². The quantitative estimate of drug-likeness (QED) is 0.759. The van der Waals surface area contributed by atoms with Gasteiger partial charge in [-0.3, -0.25) is 9.00 Å². The minimum Gasteiger partial charge on any atom is -0.481 e. The first kappa shape index (κ1) is 12.6. The van der Waals surface area contributed by atoms with E-state index in [-0.39, 0.29) is 5.75 Å². The molecule has 1 rings (SSSR count). The Morgan fingerprint density at radius 1 is 1.53 bits per heavy atom. The second-order valence-electron chi connectivity index (χ2n) is 4.10. The highest BCUT2D eigenvalue weighted by Crippen LogP contribution is 2.17. The average Bonchev–Trinajstić information content (AvgIpc) is 2.15. The minimum atomic E-state index is -1.19. The van der Waals surface area contributed by atoms with Crippen LogP contribution in [0, 0.1) is 0 Å². The van der Waals surface area contributed by atoms with Crippen LogP contribution in [0.5, 0.6) is 0 Å². The Labute approximate surface area is 93.1 Å². The maximum atomic E-state index is 11.3. The Morgan fingerprint density at radius 3 is 2.87 bits per heavy atom. The molecule has 1 aliphatic heterocycles. The lowest BCUT2D eigenvalue weighted by atomic mass is 10.0. The van der Waals surface area contributed by atoms with Crippen molar-refractivity contribution in [2.24, 2.45) is 0 Å². The zero-order chi connectivity index (χ0) is 11.3. The molecular weight excluding hydrogens is 214 g/mol. The summed E-state index contributed by atoms with van der Waals surface area (Å²) in [5, 5.41) is 8.47. The minimum absolute atomic E-state index is 0.212. The number of aliphatic carboxylic acids is 1. The normalized spacial score (nSPS) is 25.0. The van der Waals surface area contributed by atoms with Gasteiger partial charge in [0.15, 0.2) is 0 Å². The summed E-state index contributed by atoms with van der Waals surface area (Å²) >= 11 is 0. The molecule has 0 aromatic heterocycles. The number of hydrogen-bond donors (Lipinski definition) is 1. The van der Waals surface area contributed by atoms with Crippen LogP contribution in [0.25, 0.3) is 0 Å². The second kappa shape index (κ2) is 6.23. The number of carboxylic acids is 1. The van der Waals surface area contributed by atoms with Gasteiger partial charge in [-0.2, -0.15) is 0 Å². The molecule has 5 heteroatoms. The van der Waals surface area contributed by atoms with Crippen molar-refractivity contribution < 1.29 is 14.1 Å². The van der Waals surface area contributed by atoms with Crippen LogP contribution < -0.4 is 0 Å². The molecule has 15 heavy (non-hydrogen) atoms. The summed E-state index contributed by atoms with van der Waals surface area (Å²) in [6.45, 7) is 1.11. The van der Waals surface area contributed by atoms with Gasteiger partial charge in [-0.25, -0.2) is 0 Å². The molecule has 1 aliphatic rings. The lowest BCUT2D eigenvalue weighted by Gasteiger charge is -2.32. The molecule has 2 unspecified atom stereocenters. The summed E-state index contributed by atoms with van der Waals surface area (Å²) in [6, 6.07) is 0.497. The molecular formula is C10H19NO3S. The first-order valence-electron chi connectivity index (χ1n) is 5.36. The number of nitrogens with zero attached hydrogens (tertiary/aromatic N) is 1. The number of carboxylic acid groups (broad SMARTS) is 1. The van der Waals surface area contributed by atoms with Gasteiger partial charge in [0.25, 0.3) is 0 Å². The third kappa shape index (κ3) is 4.75. The van der Waals surface area contributed by atoms with E-state index in [0.717, 1.165) is 19.4 Å². The van der Waals surface area contributed by atoms with Gasteiger partial charge in [0, 0.05) is 22.6 Å². The number of rotatable bonds is 5. The second-order valence-corrected chi connectivity index (χ2v) is 5.68. The molecule has 0 aliphatic carbocycles. The summed E-state index contributed by atoms with van der Waals surface area (Å²) in [7, 11) is 0.894. The van der Waals surface area contributed by atoms with Crippen LogP contribution in [0.4, 0.5) is 0 Å². The number of hydrogen-bond acceptors (Lipinski definition) is 3. The van der Waals surface area contributed by atoms with Gasteiger partial charge in [-0.15, -0.1) is 0 Å². The van der Waals surface area contributed by atoms with Gasteiger partial charge in [-0.05, 0) is 32.9 Å². The predicted octanol–water partition coefficient (Wildman–Crippen LogP) is 0.694. The number of likely N-dealkylation sites (tertiary alicyclic amines) is 1. The Morgan fingerprint density at radius 2 is 2.27 bits per heavy atom. The topological polar surface area (TPSA) is 57.6 Å². The Balaban J connectivity index is 2.23. The van der Waals surface area contributed by atoms with Gasteiger partial charge in [0.1, 0.15) is 5.75 Å². The van der Waals surface area contributed by atoms with E-state index in [1.807, 2.05) is 0 Å². The van der Waals surface area contributed by atoms with Crippen molar-refractivity contribution in [1.29, 1.82) is 0 Å². The van der Waals surface area contributed by atoms with E-state index < -0.39 is 16.8 Å². The van der Waals surface area contributed by atoms with E-state index in [1.54, 1.807) is 0 Å². The lowest BCUT2D eigenvalue weighted by Crippen LogP contribution is -2.37. The molecule has 1 saturated heterocycles. The Hall–Kier alpha value is -0.420. The third-order valence-corrected chi connectivity index (χ3v) is 4.14. The third-order valence-electron chi connectivity index (χ3n) is 2.88. The highest BCUT2D eigenvalue weighted by molar-refractivity contribution is 7.85. The maximum Gasteiger partial charge on any atom is 0.316 e. The van der Waals surface area contributed by atoms with E-state index in [2.05, 4.69) is 11.9 Å². The van der Waals surface area contributed by atoms with Crippen LogP contribution in [0.15, 0.2) is 0 Å². The molecule has 0 amide bonds. The molecule has 2 atom stereocenters. The summed E-state index contributed by atoms with van der Waals surface area (Å²) < 4.78 is 11.3. The number of piperidine rings is 1. The molecule has 0 saturated carbocycles. The highest BCUT2D eigenvalue weighted by atomic mass is 32.2. The molecule has 1 heterocycles. The predicted molar refractivity (Wildman–Crippen MR) is 60.4 cm³/mol. The first-order valence-corrected chi connectivity index (χ1v) is 6.85. The van der Waals surface area contributed by atoms with Crippen molar-refractivity contribution >= 4 is 16.8 Å². The maximum absolute atomic E-state index is 11.3. The van der Waals surface area contributed by atoms with Crippen molar-refractivity contribution in [2.45, 2.75) is 31.7 Å². The number of carbonyl (C=O) groups is 1. The average molecular weight is 233 g/mol. The summed E-state index contributed by atoms with van der Waals surface area (Å²) in [5.74, 6) is -0.664. The summed E-state index contributed by atoms with van der Waals surface area (Å²) in [6.07, 6.45) is 4.49. The van der Waals surface area contributed by atoms with Crippen molar-refractivity contribution in [3.63, 3.8) is 0 Å². The largest absolute Gasteiger partial charge is 0.481 e. The van der Waals surface area contributed by atoms with Crippen LogP contribution in [0.2, 0.25) is 0 Å². The zero-order valence-corrected chi connectivity index (χ0v) is 9.96. The Kier molecular flexibility index (Phi) is 5.25. The molecule has 0 spiro atoms. The van der Waals surface area contributed by atoms with Crippen LogP contribution in [0.3, 0.4) is 0 Å². The van der Waals surface area contributed by atoms with Gasteiger partial charge in [0.05, 0.1) is 0 Å². The van der Waals surface area contributed by atoms with Gasteiger partial charge in [-0.1, -0.05) is 6.42 Å². The monoisotopic (exact) mass is 233 g/mol. The van der Waals surface area contributed by atoms with E-state index in [1.165, 1.54) is 12.8 Å². The van der Waals surface area contributed by atoms with Crippen LogP contribution in [0.1, 0.15) is 25.7 Å².